The lowest BCUT2D eigenvalue weighted by Crippen LogP contribution is -2.33. The normalized spacial score (nSPS) is 22.2. The second-order valence-corrected chi connectivity index (χ2v) is 8.90. The highest BCUT2D eigenvalue weighted by molar-refractivity contribution is 7.93. The molecule has 1 unspecified atom stereocenters. The monoisotopic (exact) mass is 299 g/mol. The first-order chi connectivity index (χ1) is 8.10. The lowest BCUT2D eigenvalue weighted by atomic mass is 10.1. The maximum Gasteiger partial charge on any atom is 0.303 e. The van der Waals surface area contributed by atoms with Crippen molar-refractivity contribution in [2.75, 3.05) is 30.9 Å². The molecule has 0 aromatic rings. The minimum atomic E-state index is -3.60. The number of carbonyl (C=O) groups is 1. The maximum atomic E-state index is 11.8. The molecule has 1 aliphatic rings. The van der Waals surface area contributed by atoms with Crippen LogP contribution < -0.4 is 0 Å². The van der Waals surface area contributed by atoms with Crippen LogP contribution >= 0.6 is 0 Å². The van der Waals surface area contributed by atoms with Gasteiger partial charge in [-0.3, -0.25) is 4.79 Å². The van der Waals surface area contributed by atoms with E-state index in [0.717, 1.165) is 6.26 Å². The fourth-order valence-corrected chi connectivity index (χ4v) is 4.98. The number of aliphatic carboxylic acids is 1. The second-order valence-electron chi connectivity index (χ2n) is 4.56. The van der Waals surface area contributed by atoms with E-state index in [9.17, 15) is 21.6 Å². The second kappa shape index (κ2) is 5.54. The van der Waals surface area contributed by atoms with Gasteiger partial charge >= 0.3 is 5.97 Å². The van der Waals surface area contributed by atoms with Gasteiger partial charge < -0.3 is 5.11 Å². The Bertz CT molecular complexity index is 509. The number of carboxylic acid groups (broad SMARTS) is 1. The molecule has 0 saturated carbocycles. The Kier molecular flexibility index (Phi) is 4.73. The van der Waals surface area contributed by atoms with Crippen LogP contribution in [-0.2, 0) is 24.7 Å². The van der Waals surface area contributed by atoms with Crippen LogP contribution in [0.2, 0.25) is 0 Å². The lowest BCUT2D eigenvalue weighted by Gasteiger charge is -2.15. The Balaban J connectivity index is 2.58. The molecule has 0 aromatic heterocycles. The maximum absolute atomic E-state index is 11.8. The van der Waals surface area contributed by atoms with Crippen molar-refractivity contribution in [3.8, 4) is 0 Å². The summed E-state index contributed by atoms with van der Waals surface area (Å²) >= 11 is 0. The highest BCUT2D eigenvalue weighted by atomic mass is 32.2. The molecule has 1 aliphatic heterocycles. The first-order valence-electron chi connectivity index (χ1n) is 5.47. The van der Waals surface area contributed by atoms with Gasteiger partial charge in [0.05, 0.1) is 11.5 Å². The van der Waals surface area contributed by atoms with Gasteiger partial charge in [-0.1, -0.05) is 0 Å². The van der Waals surface area contributed by atoms with Gasteiger partial charge in [0.2, 0.25) is 10.0 Å². The zero-order valence-electron chi connectivity index (χ0n) is 10.1. The van der Waals surface area contributed by atoms with E-state index in [2.05, 4.69) is 0 Å². The quantitative estimate of drug-likeness (QED) is 0.685. The molecule has 7 nitrogen and oxygen atoms in total. The molecule has 9 heteroatoms. The molecule has 0 aliphatic carbocycles. The van der Waals surface area contributed by atoms with Gasteiger partial charge in [0.25, 0.3) is 0 Å². The van der Waals surface area contributed by atoms with Gasteiger partial charge in [-0.25, -0.2) is 21.1 Å². The summed E-state index contributed by atoms with van der Waals surface area (Å²) in [4.78, 5) is 10.5. The van der Waals surface area contributed by atoms with Crippen LogP contribution in [0.25, 0.3) is 0 Å². The zero-order valence-corrected chi connectivity index (χ0v) is 11.7. The minimum Gasteiger partial charge on any atom is -0.481 e. The molecule has 1 fully saturated rings. The smallest absolute Gasteiger partial charge is 0.303 e. The molecular formula is C9H17NO6S2. The molecule has 106 valence electrons. The van der Waals surface area contributed by atoms with Crippen molar-refractivity contribution < 1.29 is 26.7 Å². The highest BCUT2D eigenvalue weighted by Crippen LogP contribution is 2.22. The molecule has 1 rings (SSSR count). The largest absolute Gasteiger partial charge is 0.481 e. The minimum absolute atomic E-state index is 0.0574. The number of sulfone groups is 1. The first-order valence-corrected chi connectivity index (χ1v) is 9.14. The number of hydrogen-bond acceptors (Lipinski definition) is 5. The fourth-order valence-electron chi connectivity index (χ4n) is 1.85. The Morgan fingerprint density at radius 3 is 2.39 bits per heavy atom. The van der Waals surface area contributed by atoms with Gasteiger partial charge in [0.15, 0.2) is 0 Å². The standard InChI is InChI=1S/C9H17NO6S2/c1-17(13,14)4-5-18(15,16)10-3-2-8(7-10)6-9(11)12/h8H,2-7H2,1H3,(H,11,12). The molecule has 0 radical (unpaired) electrons. The van der Waals surface area contributed by atoms with Crippen molar-refractivity contribution in [2.24, 2.45) is 5.92 Å². The van der Waals surface area contributed by atoms with Gasteiger partial charge in [-0.05, 0) is 12.3 Å². The number of nitrogens with zero attached hydrogens (tertiary/aromatic N) is 1. The molecule has 1 heterocycles. The predicted octanol–water partition coefficient (Wildman–Crippen LogP) is -0.843. The third-order valence-electron chi connectivity index (χ3n) is 2.82. The summed E-state index contributed by atoms with van der Waals surface area (Å²) in [5.74, 6) is -1.98. The van der Waals surface area contributed by atoms with E-state index < -0.39 is 37.3 Å². The van der Waals surface area contributed by atoms with E-state index in [1.165, 1.54) is 4.31 Å². The van der Waals surface area contributed by atoms with Crippen LogP contribution in [0.1, 0.15) is 12.8 Å². The summed E-state index contributed by atoms with van der Waals surface area (Å²) < 4.78 is 46.7. The van der Waals surface area contributed by atoms with Gasteiger partial charge in [0, 0.05) is 25.8 Å². The van der Waals surface area contributed by atoms with E-state index in [1.54, 1.807) is 0 Å². The van der Waals surface area contributed by atoms with E-state index in [1.807, 2.05) is 0 Å². The summed E-state index contributed by atoms with van der Waals surface area (Å²) in [6.07, 6.45) is 1.43. The summed E-state index contributed by atoms with van der Waals surface area (Å²) in [5.41, 5.74) is 0. The van der Waals surface area contributed by atoms with Crippen molar-refractivity contribution in [3.05, 3.63) is 0 Å². The summed E-state index contributed by atoms with van der Waals surface area (Å²) in [6, 6.07) is 0. The number of sulfonamides is 1. The van der Waals surface area contributed by atoms with Crippen LogP contribution in [0.15, 0.2) is 0 Å². The van der Waals surface area contributed by atoms with E-state index in [4.69, 9.17) is 5.11 Å². The van der Waals surface area contributed by atoms with Gasteiger partial charge in [0.1, 0.15) is 9.84 Å². The average Bonchev–Trinajstić information content (AvgIpc) is 2.62. The molecule has 0 spiro atoms. The van der Waals surface area contributed by atoms with Crippen LogP contribution in [0, 0.1) is 5.92 Å². The van der Waals surface area contributed by atoms with E-state index in [0.29, 0.717) is 6.42 Å². The SMILES string of the molecule is CS(=O)(=O)CCS(=O)(=O)N1CCC(CC(=O)O)C1. The zero-order chi connectivity index (χ0) is 14.0. The molecule has 1 N–H and O–H groups in total. The Morgan fingerprint density at radius 2 is 1.89 bits per heavy atom. The third kappa shape index (κ3) is 4.91. The summed E-state index contributed by atoms with van der Waals surface area (Å²) in [6.45, 7) is 0.433. The predicted molar refractivity (Wildman–Crippen MR) is 65.4 cm³/mol. The van der Waals surface area contributed by atoms with Gasteiger partial charge in [-0.2, -0.15) is 0 Å². The van der Waals surface area contributed by atoms with Crippen LogP contribution in [-0.4, -0.2) is 63.1 Å². The van der Waals surface area contributed by atoms with Crippen molar-refractivity contribution in [1.82, 2.24) is 4.31 Å². The highest BCUT2D eigenvalue weighted by Gasteiger charge is 2.32. The summed E-state index contributed by atoms with van der Waals surface area (Å²) in [7, 11) is -6.92. The molecule has 0 amide bonds. The number of rotatable bonds is 6. The molecular weight excluding hydrogens is 282 g/mol. The average molecular weight is 299 g/mol. The molecule has 1 saturated heterocycles. The van der Waals surface area contributed by atoms with Crippen molar-refractivity contribution in [2.45, 2.75) is 12.8 Å². The van der Waals surface area contributed by atoms with Crippen LogP contribution in [0.4, 0.5) is 0 Å². The Hall–Kier alpha value is -0.670. The molecule has 18 heavy (non-hydrogen) atoms. The molecule has 1 atom stereocenters. The topological polar surface area (TPSA) is 109 Å². The number of carboxylic acids is 1. The van der Waals surface area contributed by atoms with Crippen molar-refractivity contribution >= 4 is 25.8 Å². The van der Waals surface area contributed by atoms with Crippen molar-refractivity contribution in [3.63, 3.8) is 0 Å². The van der Waals surface area contributed by atoms with Crippen molar-refractivity contribution in [1.29, 1.82) is 0 Å². The summed E-state index contributed by atoms with van der Waals surface area (Å²) in [5, 5.41) is 8.63. The Morgan fingerprint density at radius 1 is 1.28 bits per heavy atom. The fraction of sp³-hybridized carbons (Fsp3) is 0.889. The van der Waals surface area contributed by atoms with E-state index in [-0.39, 0.29) is 25.4 Å². The molecule has 0 bridgehead atoms. The number of hydrogen-bond donors (Lipinski definition) is 1. The van der Waals surface area contributed by atoms with E-state index >= 15 is 0 Å². The lowest BCUT2D eigenvalue weighted by molar-refractivity contribution is -0.137. The van der Waals surface area contributed by atoms with Gasteiger partial charge in [-0.15, -0.1) is 0 Å². The Labute approximate surface area is 107 Å². The molecule has 0 aromatic carbocycles. The first kappa shape index (κ1) is 15.4. The van der Waals surface area contributed by atoms with Crippen LogP contribution in [0.3, 0.4) is 0 Å². The third-order valence-corrected chi connectivity index (χ3v) is 5.86. The van der Waals surface area contributed by atoms with Crippen LogP contribution in [0.5, 0.6) is 0 Å².